The number of aromatic nitrogens is 5. The Morgan fingerprint density at radius 2 is 1.94 bits per heavy atom. The van der Waals surface area contributed by atoms with Crippen LogP contribution in [-0.2, 0) is 17.8 Å². The van der Waals surface area contributed by atoms with Crippen molar-refractivity contribution in [2.75, 3.05) is 7.11 Å². The van der Waals surface area contributed by atoms with Gasteiger partial charge in [0.15, 0.2) is 16.9 Å². The summed E-state index contributed by atoms with van der Waals surface area (Å²) in [6, 6.07) is 5.33. The first-order valence-electron chi connectivity index (χ1n) is 9.79. The first-order chi connectivity index (χ1) is 15.3. The van der Waals surface area contributed by atoms with E-state index in [2.05, 4.69) is 14.7 Å². The van der Waals surface area contributed by atoms with Crippen molar-refractivity contribution in [3.05, 3.63) is 75.1 Å². The average Bonchev–Trinajstić information content (AvgIpc) is 3.39. The third-order valence-electron chi connectivity index (χ3n) is 4.78. The third-order valence-corrected chi connectivity index (χ3v) is 4.78. The molecule has 3 aromatic heterocycles. The summed E-state index contributed by atoms with van der Waals surface area (Å²) in [6.45, 7) is 3.95. The summed E-state index contributed by atoms with van der Waals surface area (Å²) in [7, 11) is 1.23. The molecule has 0 aliphatic heterocycles. The predicted octanol–water partition coefficient (Wildman–Crippen LogP) is 1.97. The number of fused-ring (bicyclic) bond motifs is 1. The van der Waals surface area contributed by atoms with Crippen LogP contribution in [0.25, 0.3) is 16.9 Å². The summed E-state index contributed by atoms with van der Waals surface area (Å²) in [5.41, 5.74) is -0.467. The second-order valence-electron chi connectivity index (χ2n) is 7.57. The number of carbonyl (C=O) groups excluding carboxylic acids is 1. The van der Waals surface area contributed by atoms with Crippen LogP contribution in [0.1, 0.15) is 30.2 Å². The molecule has 0 fully saturated rings. The van der Waals surface area contributed by atoms with Crippen LogP contribution < -0.4 is 11.2 Å². The van der Waals surface area contributed by atoms with E-state index in [4.69, 9.17) is 4.42 Å². The summed E-state index contributed by atoms with van der Waals surface area (Å²) in [4.78, 5) is 46.4. The number of hydrogen-bond donors (Lipinski definition) is 0. The number of ether oxygens (including phenoxy) is 1. The van der Waals surface area contributed by atoms with Gasteiger partial charge in [0.1, 0.15) is 18.6 Å². The summed E-state index contributed by atoms with van der Waals surface area (Å²) in [5.74, 6) is -0.936. The van der Waals surface area contributed by atoms with Crippen LogP contribution >= 0.6 is 0 Å². The van der Waals surface area contributed by atoms with E-state index in [-0.39, 0.29) is 41.8 Å². The quantitative estimate of drug-likeness (QED) is 0.420. The van der Waals surface area contributed by atoms with Gasteiger partial charge in [-0.15, -0.1) is 0 Å². The molecule has 0 saturated heterocycles. The SMILES string of the molecule is COC(=O)c1coc(Cn2cnc3c2c(=O)n(CC(C)C)c(=O)n3-c2ccc(F)cc2)n1. The highest BCUT2D eigenvalue weighted by atomic mass is 19.1. The molecule has 10 nitrogen and oxygen atoms in total. The fraction of sp³-hybridized carbons (Fsp3) is 0.286. The maximum absolute atomic E-state index is 13.5. The number of benzene rings is 1. The largest absolute Gasteiger partial charge is 0.464 e. The standard InChI is InChI=1S/C21H20FN5O5/c1-12(2)8-26-19(28)17-18(27(21(26)30)14-6-4-13(22)5-7-14)23-11-25(17)9-16-24-15(10-32-16)20(29)31-3/h4-7,10-12H,8-9H2,1-3H3. The number of nitrogens with zero attached hydrogens (tertiary/aromatic N) is 5. The van der Waals surface area contributed by atoms with Gasteiger partial charge in [0.05, 0.1) is 19.1 Å². The van der Waals surface area contributed by atoms with Crippen molar-refractivity contribution in [1.82, 2.24) is 23.7 Å². The smallest absolute Gasteiger partial charge is 0.360 e. The summed E-state index contributed by atoms with van der Waals surface area (Å²) in [5, 5.41) is 0. The van der Waals surface area contributed by atoms with Crippen molar-refractivity contribution in [3.63, 3.8) is 0 Å². The van der Waals surface area contributed by atoms with E-state index >= 15 is 0 Å². The van der Waals surface area contributed by atoms with Gasteiger partial charge >= 0.3 is 11.7 Å². The first-order valence-corrected chi connectivity index (χ1v) is 9.79. The lowest BCUT2D eigenvalue weighted by Crippen LogP contribution is -2.41. The molecular formula is C21H20FN5O5. The van der Waals surface area contributed by atoms with Gasteiger partial charge < -0.3 is 13.7 Å². The van der Waals surface area contributed by atoms with Crippen LogP contribution in [-0.4, -0.2) is 36.7 Å². The summed E-state index contributed by atoms with van der Waals surface area (Å²) >= 11 is 0. The van der Waals surface area contributed by atoms with Crippen LogP contribution in [0.2, 0.25) is 0 Å². The van der Waals surface area contributed by atoms with Crippen molar-refractivity contribution < 1.29 is 18.3 Å². The number of imidazole rings is 1. The maximum Gasteiger partial charge on any atom is 0.360 e. The molecule has 0 radical (unpaired) electrons. The van der Waals surface area contributed by atoms with Gasteiger partial charge in [-0.3, -0.25) is 9.36 Å². The summed E-state index contributed by atoms with van der Waals surface area (Å²) < 4.78 is 27.3. The van der Waals surface area contributed by atoms with E-state index in [0.717, 1.165) is 10.8 Å². The molecule has 11 heteroatoms. The number of methoxy groups -OCH3 is 1. The van der Waals surface area contributed by atoms with Crippen molar-refractivity contribution in [1.29, 1.82) is 0 Å². The molecule has 4 rings (SSSR count). The Morgan fingerprint density at radius 1 is 1.22 bits per heavy atom. The Balaban J connectivity index is 1.91. The highest BCUT2D eigenvalue weighted by Crippen LogP contribution is 2.16. The van der Waals surface area contributed by atoms with Crippen molar-refractivity contribution in [2.45, 2.75) is 26.9 Å². The molecular weight excluding hydrogens is 421 g/mol. The zero-order chi connectivity index (χ0) is 23.0. The molecule has 3 heterocycles. The third kappa shape index (κ3) is 3.72. The van der Waals surface area contributed by atoms with E-state index in [0.29, 0.717) is 5.69 Å². The second-order valence-corrected chi connectivity index (χ2v) is 7.57. The zero-order valence-electron chi connectivity index (χ0n) is 17.6. The first kappa shape index (κ1) is 21.2. The minimum Gasteiger partial charge on any atom is -0.464 e. The molecule has 0 saturated carbocycles. The Labute approximate surface area is 180 Å². The molecule has 0 amide bonds. The molecule has 0 aliphatic rings. The van der Waals surface area contributed by atoms with Gasteiger partial charge in [0.2, 0.25) is 5.89 Å². The van der Waals surface area contributed by atoms with Gasteiger partial charge in [0, 0.05) is 6.54 Å². The molecule has 0 aliphatic carbocycles. The van der Waals surface area contributed by atoms with E-state index < -0.39 is 23.0 Å². The van der Waals surface area contributed by atoms with E-state index in [1.165, 1.54) is 46.8 Å². The number of esters is 1. The van der Waals surface area contributed by atoms with Crippen molar-refractivity contribution >= 4 is 17.1 Å². The average molecular weight is 441 g/mol. The minimum absolute atomic E-state index is 0.00707. The Kier molecular flexibility index (Phi) is 5.47. The highest BCUT2D eigenvalue weighted by Gasteiger charge is 2.21. The number of oxazole rings is 1. The van der Waals surface area contributed by atoms with Crippen molar-refractivity contribution in [3.8, 4) is 5.69 Å². The second kappa shape index (κ2) is 8.25. The summed E-state index contributed by atoms with van der Waals surface area (Å²) in [6.07, 6.45) is 2.54. The normalized spacial score (nSPS) is 11.4. The maximum atomic E-state index is 13.5. The fourth-order valence-electron chi connectivity index (χ4n) is 3.38. The highest BCUT2D eigenvalue weighted by molar-refractivity contribution is 5.86. The molecule has 0 atom stereocenters. The number of halogens is 1. The van der Waals surface area contributed by atoms with Crippen LogP contribution in [0, 0.1) is 11.7 Å². The lowest BCUT2D eigenvalue weighted by molar-refractivity contribution is 0.0594. The van der Waals surface area contributed by atoms with E-state index in [1.54, 1.807) is 0 Å². The van der Waals surface area contributed by atoms with Crippen LogP contribution in [0.3, 0.4) is 0 Å². The van der Waals surface area contributed by atoms with Gasteiger partial charge in [-0.05, 0) is 30.2 Å². The molecule has 166 valence electrons. The number of hydrogen-bond acceptors (Lipinski definition) is 7. The predicted molar refractivity (Wildman–Crippen MR) is 111 cm³/mol. The molecule has 1 aromatic carbocycles. The van der Waals surface area contributed by atoms with Crippen LogP contribution in [0.5, 0.6) is 0 Å². The van der Waals surface area contributed by atoms with Gasteiger partial charge in [0.25, 0.3) is 5.56 Å². The molecule has 0 N–H and O–H groups in total. The molecule has 0 bridgehead atoms. The van der Waals surface area contributed by atoms with E-state index in [1.807, 2.05) is 13.8 Å². The molecule has 0 spiro atoms. The monoisotopic (exact) mass is 441 g/mol. The van der Waals surface area contributed by atoms with Gasteiger partial charge in [-0.25, -0.2) is 28.5 Å². The Bertz CT molecular complexity index is 1410. The van der Waals surface area contributed by atoms with Crippen molar-refractivity contribution in [2.24, 2.45) is 5.92 Å². The van der Waals surface area contributed by atoms with Gasteiger partial charge in [-0.1, -0.05) is 13.8 Å². The Morgan fingerprint density at radius 3 is 2.59 bits per heavy atom. The lowest BCUT2D eigenvalue weighted by Gasteiger charge is -2.13. The van der Waals surface area contributed by atoms with E-state index in [9.17, 15) is 18.8 Å². The Hall–Kier alpha value is -4.02. The van der Waals surface area contributed by atoms with Crippen LogP contribution in [0.15, 0.2) is 50.9 Å². The number of carbonyl (C=O) groups is 1. The molecule has 0 unspecified atom stereocenters. The fourth-order valence-corrected chi connectivity index (χ4v) is 3.38. The molecule has 4 aromatic rings. The minimum atomic E-state index is -0.653. The molecule has 32 heavy (non-hydrogen) atoms. The topological polar surface area (TPSA) is 114 Å². The van der Waals surface area contributed by atoms with Gasteiger partial charge in [-0.2, -0.15) is 0 Å². The zero-order valence-corrected chi connectivity index (χ0v) is 17.6. The number of rotatable bonds is 6. The lowest BCUT2D eigenvalue weighted by atomic mass is 10.2. The van der Waals surface area contributed by atoms with Crippen LogP contribution in [0.4, 0.5) is 4.39 Å².